The van der Waals surface area contributed by atoms with Crippen LogP contribution in [0, 0.1) is 0 Å². The molecule has 1 saturated heterocycles. The van der Waals surface area contributed by atoms with E-state index in [0.717, 1.165) is 63.4 Å². The van der Waals surface area contributed by atoms with E-state index < -0.39 is 0 Å². The highest BCUT2D eigenvalue weighted by molar-refractivity contribution is 5.73. The standard InChI is InChI=1S/C21H28N2O3/c1-17(24)23-14-19-6-2-3-7-20(19)26-21(16-23)8-10-22(11-9-21)13-18-5-4-12-25-15-18/h2-3,5-7H,4,8-16H2,1H3. The number of hydrogen-bond acceptors (Lipinski definition) is 4. The number of likely N-dealkylation sites (tertiary alicyclic amines) is 1. The van der Waals surface area contributed by atoms with Gasteiger partial charge in [-0.1, -0.05) is 24.3 Å². The number of ether oxygens (including phenoxy) is 2. The lowest BCUT2D eigenvalue weighted by Crippen LogP contribution is -2.54. The molecule has 0 unspecified atom stereocenters. The number of carbonyl (C=O) groups is 1. The first-order valence-electron chi connectivity index (χ1n) is 9.64. The van der Waals surface area contributed by atoms with Gasteiger partial charge in [0.25, 0.3) is 0 Å². The van der Waals surface area contributed by atoms with Crippen molar-refractivity contribution in [3.63, 3.8) is 0 Å². The summed E-state index contributed by atoms with van der Waals surface area (Å²) >= 11 is 0. The Labute approximate surface area is 155 Å². The first-order chi connectivity index (χ1) is 12.6. The van der Waals surface area contributed by atoms with E-state index in [1.54, 1.807) is 6.92 Å². The van der Waals surface area contributed by atoms with Gasteiger partial charge < -0.3 is 14.4 Å². The van der Waals surface area contributed by atoms with Crippen molar-refractivity contribution in [1.29, 1.82) is 0 Å². The third kappa shape index (κ3) is 3.79. The second kappa shape index (κ2) is 7.41. The van der Waals surface area contributed by atoms with E-state index in [9.17, 15) is 4.79 Å². The summed E-state index contributed by atoms with van der Waals surface area (Å²) in [7, 11) is 0. The first kappa shape index (κ1) is 17.6. The van der Waals surface area contributed by atoms with Gasteiger partial charge in [0.2, 0.25) is 5.91 Å². The zero-order valence-electron chi connectivity index (χ0n) is 15.6. The minimum absolute atomic E-state index is 0.122. The maximum atomic E-state index is 12.2. The SMILES string of the molecule is CC(=O)N1Cc2ccccc2OC2(CCN(CC3=CCCOC3)CC2)C1. The van der Waals surface area contributed by atoms with Crippen molar-refractivity contribution in [2.45, 2.75) is 38.3 Å². The molecule has 1 aromatic rings. The Morgan fingerprint density at radius 1 is 1.23 bits per heavy atom. The summed E-state index contributed by atoms with van der Waals surface area (Å²) in [5.74, 6) is 1.06. The van der Waals surface area contributed by atoms with Gasteiger partial charge in [0.1, 0.15) is 11.4 Å². The minimum Gasteiger partial charge on any atom is -0.485 e. The molecule has 0 radical (unpaired) electrons. The first-order valence-corrected chi connectivity index (χ1v) is 9.64. The van der Waals surface area contributed by atoms with Gasteiger partial charge >= 0.3 is 0 Å². The lowest BCUT2D eigenvalue weighted by molar-refractivity contribution is -0.132. The summed E-state index contributed by atoms with van der Waals surface area (Å²) in [5, 5.41) is 0. The number of fused-ring (bicyclic) bond motifs is 1. The summed E-state index contributed by atoms with van der Waals surface area (Å²) in [6.07, 6.45) is 5.24. The van der Waals surface area contributed by atoms with Gasteiger partial charge in [0, 0.05) is 51.5 Å². The quantitative estimate of drug-likeness (QED) is 0.764. The lowest BCUT2D eigenvalue weighted by atomic mass is 9.90. The molecular formula is C21H28N2O3. The van der Waals surface area contributed by atoms with E-state index in [4.69, 9.17) is 9.47 Å². The number of para-hydroxylation sites is 1. The Balaban J connectivity index is 1.47. The van der Waals surface area contributed by atoms with Crippen LogP contribution in [0.2, 0.25) is 0 Å². The highest BCUT2D eigenvalue weighted by Gasteiger charge is 2.41. The van der Waals surface area contributed by atoms with Crippen molar-refractivity contribution in [3.8, 4) is 5.75 Å². The maximum absolute atomic E-state index is 12.2. The molecule has 3 aliphatic rings. The molecule has 0 atom stereocenters. The second-order valence-electron chi connectivity index (χ2n) is 7.75. The monoisotopic (exact) mass is 356 g/mol. The molecule has 26 heavy (non-hydrogen) atoms. The Bertz CT molecular complexity index is 692. The van der Waals surface area contributed by atoms with Gasteiger partial charge in [0.15, 0.2) is 0 Å². The number of piperidine rings is 1. The largest absolute Gasteiger partial charge is 0.485 e. The van der Waals surface area contributed by atoms with Crippen LogP contribution in [0.1, 0.15) is 31.7 Å². The molecule has 1 fully saturated rings. The zero-order chi connectivity index (χ0) is 18.0. The van der Waals surface area contributed by atoms with Crippen molar-refractivity contribution in [3.05, 3.63) is 41.5 Å². The van der Waals surface area contributed by atoms with Crippen LogP contribution in [0.5, 0.6) is 5.75 Å². The summed E-state index contributed by atoms with van der Waals surface area (Å²) in [6, 6.07) is 8.13. The van der Waals surface area contributed by atoms with Crippen LogP contribution in [0.25, 0.3) is 0 Å². The number of hydrogen-bond donors (Lipinski definition) is 0. The summed E-state index contributed by atoms with van der Waals surface area (Å²) in [6.45, 7) is 7.56. The van der Waals surface area contributed by atoms with E-state index in [-0.39, 0.29) is 11.5 Å². The van der Waals surface area contributed by atoms with Gasteiger partial charge in [-0.05, 0) is 18.1 Å². The maximum Gasteiger partial charge on any atom is 0.219 e. The number of carbonyl (C=O) groups excluding carboxylic acids is 1. The fraction of sp³-hybridized carbons (Fsp3) is 0.571. The number of amides is 1. The molecule has 3 aliphatic heterocycles. The predicted molar refractivity (Wildman–Crippen MR) is 100 cm³/mol. The van der Waals surface area contributed by atoms with Gasteiger partial charge in [-0.2, -0.15) is 0 Å². The van der Waals surface area contributed by atoms with Crippen LogP contribution in [-0.4, -0.2) is 60.7 Å². The molecule has 0 aliphatic carbocycles. The number of rotatable bonds is 2. The van der Waals surface area contributed by atoms with Crippen molar-refractivity contribution < 1.29 is 14.3 Å². The van der Waals surface area contributed by atoms with Crippen molar-refractivity contribution in [1.82, 2.24) is 9.80 Å². The highest BCUT2D eigenvalue weighted by Crippen LogP contribution is 2.35. The number of benzene rings is 1. The van der Waals surface area contributed by atoms with Crippen LogP contribution in [0.15, 0.2) is 35.9 Å². The van der Waals surface area contributed by atoms with Gasteiger partial charge in [-0.3, -0.25) is 9.69 Å². The fourth-order valence-corrected chi connectivity index (χ4v) is 4.22. The van der Waals surface area contributed by atoms with Gasteiger partial charge in [-0.25, -0.2) is 0 Å². The lowest BCUT2D eigenvalue weighted by Gasteiger charge is -2.43. The van der Waals surface area contributed by atoms with Crippen LogP contribution in [0.4, 0.5) is 0 Å². The van der Waals surface area contributed by atoms with Crippen molar-refractivity contribution in [2.24, 2.45) is 0 Å². The molecule has 1 spiro atoms. The Morgan fingerprint density at radius 3 is 2.77 bits per heavy atom. The van der Waals surface area contributed by atoms with Crippen LogP contribution < -0.4 is 4.74 Å². The normalized spacial score (nSPS) is 23.0. The molecule has 0 aromatic heterocycles. The van der Waals surface area contributed by atoms with Crippen molar-refractivity contribution >= 4 is 5.91 Å². The van der Waals surface area contributed by atoms with Crippen LogP contribution >= 0.6 is 0 Å². The summed E-state index contributed by atoms with van der Waals surface area (Å²) in [5.41, 5.74) is 2.22. The van der Waals surface area contributed by atoms with Crippen LogP contribution in [0.3, 0.4) is 0 Å². The topological polar surface area (TPSA) is 42.0 Å². The van der Waals surface area contributed by atoms with Crippen molar-refractivity contribution in [2.75, 3.05) is 39.4 Å². The second-order valence-corrected chi connectivity index (χ2v) is 7.75. The molecule has 0 bridgehead atoms. The third-order valence-corrected chi connectivity index (χ3v) is 5.76. The Hall–Kier alpha value is -1.85. The van der Waals surface area contributed by atoms with E-state index in [0.29, 0.717) is 13.1 Å². The molecule has 3 heterocycles. The molecule has 1 aromatic carbocycles. The minimum atomic E-state index is -0.272. The van der Waals surface area contributed by atoms with E-state index in [1.165, 1.54) is 5.57 Å². The number of nitrogens with zero attached hydrogens (tertiary/aromatic N) is 2. The summed E-state index contributed by atoms with van der Waals surface area (Å²) in [4.78, 5) is 16.6. The molecular weight excluding hydrogens is 328 g/mol. The Morgan fingerprint density at radius 2 is 2.04 bits per heavy atom. The van der Waals surface area contributed by atoms with Crippen LogP contribution in [-0.2, 0) is 16.1 Å². The highest BCUT2D eigenvalue weighted by atomic mass is 16.5. The fourth-order valence-electron chi connectivity index (χ4n) is 4.22. The molecule has 5 heteroatoms. The van der Waals surface area contributed by atoms with E-state index in [1.807, 2.05) is 23.1 Å². The van der Waals surface area contributed by atoms with Gasteiger partial charge in [-0.15, -0.1) is 0 Å². The average molecular weight is 356 g/mol. The molecule has 0 N–H and O–H groups in total. The van der Waals surface area contributed by atoms with E-state index in [2.05, 4.69) is 17.0 Å². The zero-order valence-corrected chi connectivity index (χ0v) is 15.6. The van der Waals surface area contributed by atoms with E-state index >= 15 is 0 Å². The molecule has 5 nitrogen and oxygen atoms in total. The third-order valence-electron chi connectivity index (χ3n) is 5.76. The average Bonchev–Trinajstić information content (AvgIpc) is 2.81. The molecule has 1 amide bonds. The predicted octanol–water partition coefficient (Wildman–Crippen LogP) is 2.61. The summed E-state index contributed by atoms with van der Waals surface area (Å²) < 4.78 is 12.1. The Kier molecular flexibility index (Phi) is 5.00. The molecule has 0 saturated carbocycles. The van der Waals surface area contributed by atoms with Gasteiger partial charge in [0.05, 0.1) is 19.8 Å². The molecule has 4 rings (SSSR count). The molecule has 140 valence electrons. The smallest absolute Gasteiger partial charge is 0.219 e.